The largest absolute Gasteiger partial charge is 0.497 e. The topological polar surface area (TPSA) is 24.5 Å². The minimum atomic E-state index is 0.943. The zero-order valence-corrected chi connectivity index (χ0v) is 12.1. The van der Waals surface area contributed by atoms with E-state index in [0.29, 0.717) is 0 Å². The van der Waals surface area contributed by atoms with E-state index in [2.05, 4.69) is 29.3 Å². The number of nitrogens with one attached hydrogen (secondary N) is 1. The van der Waals surface area contributed by atoms with Crippen LogP contribution >= 0.6 is 11.8 Å². The van der Waals surface area contributed by atoms with Crippen LogP contribution in [0, 0.1) is 6.92 Å². The molecule has 0 aromatic heterocycles. The summed E-state index contributed by atoms with van der Waals surface area (Å²) in [6.07, 6.45) is 0. The van der Waals surface area contributed by atoms with Gasteiger partial charge in [0.2, 0.25) is 0 Å². The summed E-state index contributed by atoms with van der Waals surface area (Å²) in [5.74, 6) is 2.10. The number of rotatable bonds is 5. The molecule has 0 spiro atoms. The molecule has 100 valence electrons. The predicted molar refractivity (Wildman–Crippen MR) is 77.8 cm³/mol. The van der Waals surface area contributed by atoms with Gasteiger partial charge in [-0.15, -0.1) is 11.8 Å². The zero-order valence-electron chi connectivity index (χ0n) is 11.2. The van der Waals surface area contributed by atoms with Crippen molar-refractivity contribution in [3.05, 3.63) is 23.8 Å². The highest BCUT2D eigenvalue weighted by Gasteiger charge is 2.09. The summed E-state index contributed by atoms with van der Waals surface area (Å²) in [4.78, 5) is 3.90. The van der Waals surface area contributed by atoms with Gasteiger partial charge in [-0.05, 0) is 30.7 Å². The van der Waals surface area contributed by atoms with Gasteiger partial charge in [-0.2, -0.15) is 0 Å². The predicted octanol–water partition coefficient (Wildman–Crippen LogP) is 2.00. The molecule has 0 atom stereocenters. The van der Waals surface area contributed by atoms with Gasteiger partial charge in [0.05, 0.1) is 7.11 Å². The van der Waals surface area contributed by atoms with Crippen LogP contribution in [0.2, 0.25) is 0 Å². The minimum Gasteiger partial charge on any atom is -0.497 e. The lowest BCUT2D eigenvalue weighted by Gasteiger charge is -2.26. The summed E-state index contributed by atoms with van der Waals surface area (Å²) < 4.78 is 5.23. The highest BCUT2D eigenvalue weighted by molar-refractivity contribution is 7.99. The molecule has 2 rings (SSSR count). The van der Waals surface area contributed by atoms with Crippen molar-refractivity contribution in [1.29, 1.82) is 0 Å². The first kappa shape index (κ1) is 13.7. The van der Waals surface area contributed by atoms with Gasteiger partial charge in [0.15, 0.2) is 0 Å². The number of methoxy groups -OCH3 is 1. The Morgan fingerprint density at radius 1 is 1.33 bits per heavy atom. The highest BCUT2D eigenvalue weighted by Crippen LogP contribution is 2.25. The number of aryl methyl sites for hydroxylation is 1. The van der Waals surface area contributed by atoms with Gasteiger partial charge >= 0.3 is 0 Å². The van der Waals surface area contributed by atoms with Crippen molar-refractivity contribution in [3.63, 3.8) is 0 Å². The lowest BCUT2D eigenvalue weighted by atomic mass is 10.2. The summed E-state index contributed by atoms with van der Waals surface area (Å²) in [6.45, 7) is 7.95. The molecule has 1 fully saturated rings. The van der Waals surface area contributed by atoms with Crippen LogP contribution in [0.1, 0.15) is 5.56 Å². The average molecular weight is 266 g/mol. The third kappa shape index (κ3) is 3.90. The molecule has 3 nitrogen and oxygen atoms in total. The molecule has 1 aromatic carbocycles. The fourth-order valence-electron chi connectivity index (χ4n) is 2.13. The second kappa shape index (κ2) is 7.02. The maximum absolute atomic E-state index is 5.23. The Balaban J connectivity index is 1.79. The van der Waals surface area contributed by atoms with Crippen molar-refractivity contribution in [2.75, 3.05) is 45.6 Å². The molecule has 0 amide bonds. The van der Waals surface area contributed by atoms with E-state index >= 15 is 0 Å². The van der Waals surface area contributed by atoms with E-state index in [1.54, 1.807) is 7.11 Å². The molecule has 0 aliphatic carbocycles. The van der Waals surface area contributed by atoms with Crippen molar-refractivity contribution >= 4 is 11.8 Å². The van der Waals surface area contributed by atoms with Gasteiger partial charge in [0.25, 0.3) is 0 Å². The monoisotopic (exact) mass is 266 g/mol. The van der Waals surface area contributed by atoms with E-state index in [0.717, 1.165) is 24.6 Å². The third-order valence-corrected chi connectivity index (χ3v) is 4.41. The summed E-state index contributed by atoms with van der Waals surface area (Å²) >= 11 is 1.94. The SMILES string of the molecule is COc1ccc(SCCN2CCNCC2)c(C)c1. The Labute approximate surface area is 114 Å². The van der Waals surface area contributed by atoms with Crippen molar-refractivity contribution in [3.8, 4) is 5.75 Å². The summed E-state index contributed by atoms with van der Waals surface area (Å²) in [7, 11) is 1.71. The molecule has 0 radical (unpaired) electrons. The van der Waals surface area contributed by atoms with Crippen LogP contribution < -0.4 is 10.1 Å². The first-order valence-corrected chi connectivity index (χ1v) is 7.48. The van der Waals surface area contributed by atoms with Gasteiger partial charge in [0.1, 0.15) is 5.75 Å². The molecule has 1 N–H and O–H groups in total. The van der Waals surface area contributed by atoms with Crippen LogP contribution in [0.25, 0.3) is 0 Å². The van der Waals surface area contributed by atoms with Crippen molar-refractivity contribution < 1.29 is 4.74 Å². The number of piperazine rings is 1. The van der Waals surface area contributed by atoms with Crippen LogP contribution in [0.5, 0.6) is 5.75 Å². The number of hydrogen-bond donors (Lipinski definition) is 1. The van der Waals surface area contributed by atoms with Crippen molar-refractivity contribution in [1.82, 2.24) is 10.2 Å². The van der Waals surface area contributed by atoms with E-state index < -0.39 is 0 Å². The lowest BCUT2D eigenvalue weighted by molar-refractivity contribution is 0.255. The first-order valence-electron chi connectivity index (χ1n) is 6.50. The number of hydrogen-bond acceptors (Lipinski definition) is 4. The third-order valence-electron chi connectivity index (χ3n) is 3.26. The van der Waals surface area contributed by atoms with Gasteiger partial charge in [-0.25, -0.2) is 0 Å². The standard InChI is InChI=1S/C14H22N2OS/c1-12-11-13(17-2)3-4-14(12)18-10-9-16-7-5-15-6-8-16/h3-4,11,15H,5-10H2,1-2H3. The lowest BCUT2D eigenvalue weighted by Crippen LogP contribution is -2.44. The minimum absolute atomic E-state index is 0.943. The van der Waals surface area contributed by atoms with E-state index in [1.807, 2.05) is 17.8 Å². The average Bonchev–Trinajstić information content (AvgIpc) is 2.42. The first-order chi connectivity index (χ1) is 8.79. The van der Waals surface area contributed by atoms with Crippen LogP contribution in [-0.4, -0.2) is 50.5 Å². The summed E-state index contributed by atoms with van der Waals surface area (Å²) in [6, 6.07) is 6.31. The fourth-order valence-corrected chi connectivity index (χ4v) is 3.15. The highest BCUT2D eigenvalue weighted by atomic mass is 32.2. The molecular weight excluding hydrogens is 244 g/mol. The molecule has 18 heavy (non-hydrogen) atoms. The number of thioether (sulfide) groups is 1. The van der Waals surface area contributed by atoms with E-state index in [1.165, 1.54) is 30.1 Å². The number of benzene rings is 1. The summed E-state index contributed by atoms with van der Waals surface area (Å²) in [5.41, 5.74) is 1.31. The zero-order chi connectivity index (χ0) is 12.8. The normalized spacial score (nSPS) is 16.8. The second-order valence-electron chi connectivity index (χ2n) is 4.57. The molecular formula is C14H22N2OS. The Morgan fingerprint density at radius 3 is 2.78 bits per heavy atom. The molecule has 1 aromatic rings. The second-order valence-corrected chi connectivity index (χ2v) is 5.71. The number of nitrogens with zero attached hydrogens (tertiary/aromatic N) is 1. The van der Waals surface area contributed by atoms with E-state index in [-0.39, 0.29) is 0 Å². The maximum Gasteiger partial charge on any atom is 0.119 e. The maximum atomic E-state index is 5.23. The Hall–Kier alpha value is -0.710. The number of ether oxygens (including phenoxy) is 1. The molecule has 1 saturated heterocycles. The van der Waals surface area contributed by atoms with Crippen LogP contribution in [0.3, 0.4) is 0 Å². The Morgan fingerprint density at radius 2 is 2.11 bits per heavy atom. The van der Waals surface area contributed by atoms with E-state index in [9.17, 15) is 0 Å². The van der Waals surface area contributed by atoms with Crippen LogP contribution in [0.4, 0.5) is 0 Å². The molecule has 4 heteroatoms. The van der Waals surface area contributed by atoms with Crippen LogP contribution in [-0.2, 0) is 0 Å². The van der Waals surface area contributed by atoms with Gasteiger partial charge < -0.3 is 10.1 Å². The summed E-state index contributed by atoms with van der Waals surface area (Å²) in [5, 5.41) is 3.38. The molecule has 1 heterocycles. The van der Waals surface area contributed by atoms with Gasteiger partial charge in [-0.1, -0.05) is 0 Å². The smallest absolute Gasteiger partial charge is 0.119 e. The quantitative estimate of drug-likeness (QED) is 0.824. The van der Waals surface area contributed by atoms with Crippen molar-refractivity contribution in [2.24, 2.45) is 0 Å². The molecule has 1 aliphatic rings. The fraction of sp³-hybridized carbons (Fsp3) is 0.571. The van der Waals surface area contributed by atoms with E-state index in [4.69, 9.17) is 4.74 Å². The molecule has 0 bridgehead atoms. The molecule has 1 aliphatic heterocycles. The Bertz CT molecular complexity index is 378. The van der Waals surface area contributed by atoms with Crippen LogP contribution in [0.15, 0.2) is 23.1 Å². The Kier molecular flexibility index (Phi) is 5.35. The van der Waals surface area contributed by atoms with Gasteiger partial charge in [-0.3, -0.25) is 4.90 Å². The van der Waals surface area contributed by atoms with Gasteiger partial charge in [0, 0.05) is 43.4 Å². The van der Waals surface area contributed by atoms with Crippen molar-refractivity contribution in [2.45, 2.75) is 11.8 Å². The molecule has 0 unspecified atom stereocenters. The molecule has 0 saturated carbocycles.